The van der Waals surface area contributed by atoms with Gasteiger partial charge in [-0.05, 0) is 49.7 Å². The Kier molecular flexibility index (Phi) is 3.83. The summed E-state index contributed by atoms with van der Waals surface area (Å²) in [6.45, 7) is 6.37. The van der Waals surface area contributed by atoms with Gasteiger partial charge in [-0.3, -0.25) is 0 Å². The van der Waals surface area contributed by atoms with Crippen molar-refractivity contribution in [1.82, 2.24) is 0 Å². The number of carboxylic acid groups (broad SMARTS) is 1. The topological polar surface area (TPSA) is 49.3 Å². The van der Waals surface area contributed by atoms with Crippen LogP contribution in [0.4, 0.5) is 5.69 Å². The zero-order valence-electron chi connectivity index (χ0n) is 11.9. The van der Waals surface area contributed by atoms with E-state index in [1.54, 1.807) is 0 Å². The van der Waals surface area contributed by atoms with Crippen molar-refractivity contribution >= 4 is 11.7 Å². The van der Waals surface area contributed by atoms with Gasteiger partial charge in [0.1, 0.15) is 5.54 Å². The molecule has 1 aliphatic rings. The van der Waals surface area contributed by atoms with Crippen molar-refractivity contribution in [3.63, 3.8) is 0 Å². The molecule has 1 aliphatic carbocycles. The number of carboxylic acids is 1. The highest BCUT2D eigenvalue weighted by Crippen LogP contribution is 2.39. The van der Waals surface area contributed by atoms with Gasteiger partial charge in [0.2, 0.25) is 0 Å². The van der Waals surface area contributed by atoms with Gasteiger partial charge in [-0.1, -0.05) is 32.0 Å². The summed E-state index contributed by atoms with van der Waals surface area (Å²) < 4.78 is 0. The highest BCUT2D eigenvalue weighted by molar-refractivity contribution is 5.83. The number of hydrogen-bond acceptors (Lipinski definition) is 2. The first-order chi connectivity index (χ1) is 8.94. The molecule has 0 saturated heterocycles. The average Bonchev–Trinajstić information content (AvgIpc) is 2.36. The molecule has 2 N–H and O–H groups in total. The third kappa shape index (κ3) is 2.75. The van der Waals surface area contributed by atoms with Crippen LogP contribution in [0.15, 0.2) is 24.3 Å². The molecule has 0 aromatic heterocycles. The van der Waals surface area contributed by atoms with Crippen molar-refractivity contribution in [2.24, 2.45) is 11.8 Å². The number of carbonyl (C=O) groups is 1. The first-order valence-corrected chi connectivity index (χ1v) is 7.02. The van der Waals surface area contributed by atoms with Crippen LogP contribution in [-0.4, -0.2) is 16.6 Å². The molecule has 0 heterocycles. The third-order valence-corrected chi connectivity index (χ3v) is 4.60. The molecule has 3 nitrogen and oxygen atoms in total. The molecule has 0 bridgehead atoms. The van der Waals surface area contributed by atoms with E-state index < -0.39 is 11.5 Å². The van der Waals surface area contributed by atoms with Crippen LogP contribution in [0.25, 0.3) is 0 Å². The minimum atomic E-state index is -0.808. The number of hydrogen-bond donors (Lipinski definition) is 2. The van der Waals surface area contributed by atoms with Crippen LogP contribution in [-0.2, 0) is 4.79 Å². The fourth-order valence-corrected chi connectivity index (χ4v) is 2.94. The van der Waals surface area contributed by atoms with Gasteiger partial charge in [0.05, 0.1) is 0 Å². The third-order valence-electron chi connectivity index (χ3n) is 4.60. The Morgan fingerprint density at radius 3 is 2.58 bits per heavy atom. The molecule has 3 unspecified atom stereocenters. The van der Waals surface area contributed by atoms with Crippen LogP contribution in [0, 0.1) is 18.8 Å². The standard InChI is InChI=1S/C16H23NO2/c1-11-8-9-16(15(18)19,10-13(11)3)17-14-7-5-4-6-12(14)2/h4-7,11,13,17H,8-10H2,1-3H3,(H,18,19). The fraction of sp³-hybridized carbons (Fsp3) is 0.562. The predicted molar refractivity (Wildman–Crippen MR) is 77.3 cm³/mol. The predicted octanol–water partition coefficient (Wildman–Crippen LogP) is 3.69. The van der Waals surface area contributed by atoms with Crippen LogP contribution in [0.1, 0.15) is 38.7 Å². The summed E-state index contributed by atoms with van der Waals surface area (Å²) in [7, 11) is 0. The molecule has 1 aromatic rings. The lowest BCUT2D eigenvalue weighted by atomic mass is 9.71. The maximum Gasteiger partial charge on any atom is 0.329 e. The maximum absolute atomic E-state index is 11.8. The van der Waals surface area contributed by atoms with Crippen molar-refractivity contribution in [3.05, 3.63) is 29.8 Å². The molecule has 19 heavy (non-hydrogen) atoms. The second-order valence-corrected chi connectivity index (χ2v) is 6.02. The summed E-state index contributed by atoms with van der Waals surface area (Å²) in [5.41, 5.74) is 1.22. The van der Waals surface area contributed by atoms with E-state index in [0.717, 1.165) is 17.7 Å². The van der Waals surface area contributed by atoms with Gasteiger partial charge in [-0.25, -0.2) is 4.79 Å². The molecule has 0 aliphatic heterocycles. The first-order valence-electron chi connectivity index (χ1n) is 7.02. The van der Waals surface area contributed by atoms with Gasteiger partial charge >= 0.3 is 5.97 Å². The van der Waals surface area contributed by atoms with Gasteiger partial charge in [-0.2, -0.15) is 0 Å². The highest BCUT2D eigenvalue weighted by Gasteiger charge is 2.44. The summed E-state index contributed by atoms with van der Waals surface area (Å²) in [4.78, 5) is 11.8. The van der Waals surface area contributed by atoms with Crippen LogP contribution in [0.5, 0.6) is 0 Å². The number of para-hydroxylation sites is 1. The minimum Gasteiger partial charge on any atom is -0.480 e. The van der Waals surface area contributed by atoms with Gasteiger partial charge < -0.3 is 10.4 Å². The molecule has 1 saturated carbocycles. The molecule has 3 heteroatoms. The summed E-state index contributed by atoms with van der Waals surface area (Å²) in [5, 5.41) is 13.0. The second-order valence-electron chi connectivity index (χ2n) is 6.02. The number of aryl methyl sites for hydroxylation is 1. The number of anilines is 1. The zero-order chi connectivity index (χ0) is 14.0. The Balaban J connectivity index is 2.26. The summed E-state index contributed by atoms with van der Waals surface area (Å²) in [6.07, 6.45) is 2.35. The molecule has 0 amide bonds. The quantitative estimate of drug-likeness (QED) is 0.872. The molecule has 0 radical (unpaired) electrons. The smallest absolute Gasteiger partial charge is 0.329 e. The molecule has 0 spiro atoms. The molecular formula is C16H23NO2. The van der Waals surface area contributed by atoms with Gasteiger partial charge in [0.15, 0.2) is 0 Å². The van der Waals surface area contributed by atoms with Crippen molar-refractivity contribution in [2.75, 3.05) is 5.32 Å². The van der Waals surface area contributed by atoms with E-state index in [0.29, 0.717) is 24.7 Å². The molecule has 3 atom stereocenters. The van der Waals surface area contributed by atoms with Gasteiger partial charge in [-0.15, -0.1) is 0 Å². The van der Waals surface area contributed by atoms with E-state index >= 15 is 0 Å². The Morgan fingerprint density at radius 2 is 2.00 bits per heavy atom. The van der Waals surface area contributed by atoms with Gasteiger partial charge in [0, 0.05) is 5.69 Å². The fourth-order valence-electron chi connectivity index (χ4n) is 2.94. The molecule has 1 aromatic carbocycles. The lowest BCUT2D eigenvalue weighted by Crippen LogP contribution is -2.51. The average molecular weight is 261 g/mol. The van der Waals surface area contributed by atoms with Crippen LogP contribution < -0.4 is 5.32 Å². The highest BCUT2D eigenvalue weighted by atomic mass is 16.4. The van der Waals surface area contributed by atoms with E-state index in [9.17, 15) is 9.90 Å². The Hall–Kier alpha value is -1.51. The Morgan fingerprint density at radius 1 is 1.32 bits per heavy atom. The number of nitrogens with one attached hydrogen (secondary N) is 1. The first kappa shape index (κ1) is 13.9. The van der Waals surface area contributed by atoms with Crippen molar-refractivity contribution in [1.29, 1.82) is 0 Å². The lowest BCUT2D eigenvalue weighted by molar-refractivity contribution is -0.144. The van der Waals surface area contributed by atoms with Crippen molar-refractivity contribution in [2.45, 2.75) is 45.6 Å². The summed E-state index contributed by atoms with van der Waals surface area (Å²) in [5.74, 6) is 0.307. The monoisotopic (exact) mass is 261 g/mol. The van der Waals surface area contributed by atoms with Crippen LogP contribution in [0.2, 0.25) is 0 Å². The van der Waals surface area contributed by atoms with E-state index in [2.05, 4.69) is 19.2 Å². The van der Waals surface area contributed by atoms with Crippen LogP contribution >= 0.6 is 0 Å². The normalized spacial score (nSPS) is 30.9. The van der Waals surface area contributed by atoms with Crippen molar-refractivity contribution in [3.8, 4) is 0 Å². The largest absolute Gasteiger partial charge is 0.480 e. The van der Waals surface area contributed by atoms with E-state index in [1.165, 1.54) is 0 Å². The van der Waals surface area contributed by atoms with Crippen molar-refractivity contribution < 1.29 is 9.90 Å². The molecule has 1 fully saturated rings. The van der Waals surface area contributed by atoms with E-state index in [4.69, 9.17) is 0 Å². The van der Waals surface area contributed by atoms with Crippen LogP contribution in [0.3, 0.4) is 0 Å². The number of aliphatic carboxylic acids is 1. The second kappa shape index (κ2) is 5.24. The molecule has 2 rings (SSSR count). The molecular weight excluding hydrogens is 238 g/mol. The Bertz CT molecular complexity index is 472. The lowest BCUT2D eigenvalue weighted by Gasteiger charge is -2.41. The number of rotatable bonds is 3. The Labute approximate surface area is 115 Å². The summed E-state index contributed by atoms with van der Waals surface area (Å²) in [6, 6.07) is 7.88. The van der Waals surface area contributed by atoms with E-state index in [-0.39, 0.29) is 0 Å². The minimum absolute atomic E-state index is 0.432. The van der Waals surface area contributed by atoms with E-state index in [1.807, 2.05) is 31.2 Å². The van der Waals surface area contributed by atoms with Gasteiger partial charge in [0.25, 0.3) is 0 Å². The SMILES string of the molecule is Cc1ccccc1NC1(C(=O)O)CCC(C)C(C)C1. The maximum atomic E-state index is 11.8. The number of benzene rings is 1. The zero-order valence-corrected chi connectivity index (χ0v) is 11.9. The molecule has 104 valence electrons. The summed E-state index contributed by atoms with van der Waals surface area (Å²) >= 11 is 0.